The molecule has 0 N–H and O–H groups in total. The Morgan fingerprint density at radius 2 is 1.68 bits per heavy atom. The van der Waals surface area contributed by atoms with E-state index in [1.165, 1.54) is 0 Å². The number of rotatable bonds is 5. The second-order valence-electron chi connectivity index (χ2n) is 4.82. The molecular weight excluding hydrogens is 248 g/mol. The maximum atomic E-state index is 12.2. The van der Waals surface area contributed by atoms with Crippen molar-refractivity contribution in [3.63, 3.8) is 0 Å². The van der Waals surface area contributed by atoms with E-state index in [-0.39, 0.29) is 24.9 Å². The standard InChI is InChI=1S/C14H22O5/c1-4-18-13(16)11(14(17)19-5-2)10-8-6-7-9(3)12(10)15/h9-11H,4-8H2,1-3H3. The monoisotopic (exact) mass is 270 g/mol. The zero-order valence-corrected chi connectivity index (χ0v) is 11.8. The first-order valence-electron chi connectivity index (χ1n) is 6.89. The average molecular weight is 270 g/mol. The molecule has 1 saturated carbocycles. The van der Waals surface area contributed by atoms with E-state index in [1.54, 1.807) is 13.8 Å². The number of hydrogen-bond donors (Lipinski definition) is 0. The van der Waals surface area contributed by atoms with Crippen LogP contribution in [-0.2, 0) is 23.9 Å². The lowest BCUT2D eigenvalue weighted by molar-refractivity contribution is -0.167. The molecule has 0 spiro atoms. The lowest BCUT2D eigenvalue weighted by Gasteiger charge is -2.29. The summed E-state index contributed by atoms with van der Waals surface area (Å²) in [6.07, 6.45) is 2.20. The molecular formula is C14H22O5. The van der Waals surface area contributed by atoms with Crippen LogP contribution in [0.15, 0.2) is 0 Å². The lowest BCUT2D eigenvalue weighted by Crippen LogP contribution is -2.41. The van der Waals surface area contributed by atoms with Crippen LogP contribution in [0.1, 0.15) is 40.0 Å². The first-order valence-corrected chi connectivity index (χ1v) is 6.89. The van der Waals surface area contributed by atoms with Crippen LogP contribution < -0.4 is 0 Å². The Morgan fingerprint density at radius 1 is 1.16 bits per heavy atom. The zero-order valence-electron chi connectivity index (χ0n) is 11.8. The number of carbonyl (C=O) groups is 3. The van der Waals surface area contributed by atoms with Gasteiger partial charge in [0, 0.05) is 11.8 Å². The number of esters is 2. The average Bonchev–Trinajstić information content (AvgIpc) is 2.35. The topological polar surface area (TPSA) is 69.7 Å². The number of hydrogen-bond acceptors (Lipinski definition) is 5. The van der Waals surface area contributed by atoms with Gasteiger partial charge in [-0.25, -0.2) is 0 Å². The van der Waals surface area contributed by atoms with Crippen molar-refractivity contribution in [2.45, 2.75) is 40.0 Å². The Hall–Kier alpha value is -1.39. The van der Waals surface area contributed by atoms with Crippen molar-refractivity contribution in [3.8, 4) is 0 Å². The van der Waals surface area contributed by atoms with Gasteiger partial charge in [-0.3, -0.25) is 14.4 Å². The SMILES string of the molecule is CCOC(=O)C(C(=O)OCC)C1CCCC(C)C1=O. The molecule has 0 aromatic rings. The Labute approximate surface area is 113 Å². The Morgan fingerprint density at radius 3 is 2.16 bits per heavy atom. The summed E-state index contributed by atoms with van der Waals surface area (Å²) in [5.74, 6) is -3.12. The van der Waals surface area contributed by atoms with Crippen LogP contribution in [0, 0.1) is 17.8 Å². The summed E-state index contributed by atoms with van der Waals surface area (Å²) in [4.78, 5) is 36.0. The third-order valence-corrected chi connectivity index (χ3v) is 3.49. The molecule has 0 aliphatic heterocycles. The van der Waals surface area contributed by atoms with Crippen molar-refractivity contribution in [2.75, 3.05) is 13.2 Å². The fourth-order valence-corrected chi connectivity index (χ4v) is 2.51. The van der Waals surface area contributed by atoms with E-state index in [4.69, 9.17) is 9.47 Å². The molecule has 2 unspecified atom stereocenters. The molecule has 2 atom stereocenters. The van der Waals surface area contributed by atoms with Gasteiger partial charge in [0.1, 0.15) is 5.78 Å². The van der Waals surface area contributed by atoms with Gasteiger partial charge < -0.3 is 9.47 Å². The molecule has 1 rings (SSSR count). The van der Waals surface area contributed by atoms with Crippen molar-refractivity contribution in [1.29, 1.82) is 0 Å². The molecule has 1 aliphatic rings. The molecule has 0 aromatic carbocycles. The van der Waals surface area contributed by atoms with Crippen LogP contribution in [0.4, 0.5) is 0 Å². The van der Waals surface area contributed by atoms with Gasteiger partial charge >= 0.3 is 11.9 Å². The van der Waals surface area contributed by atoms with Crippen LogP contribution in [0.25, 0.3) is 0 Å². The highest BCUT2D eigenvalue weighted by molar-refractivity contribution is 6.01. The van der Waals surface area contributed by atoms with Gasteiger partial charge in [-0.1, -0.05) is 13.3 Å². The summed E-state index contributed by atoms with van der Waals surface area (Å²) in [6.45, 7) is 5.55. The first kappa shape index (κ1) is 15.7. The smallest absolute Gasteiger partial charge is 0.321 e. The van der Waals surface area contributed by atoms with Crippen LogP contribution >= 0.6 is 0 Å². The molecule has 0 bridgehead atoms. The summed E-state index contributed by atoms with van der Waals surface area (Å²) < 4.78 is 9.83. The molecule has 1 fully saturated rings. The van der Waals surface area contributed by atoms with Gasteiger partial charge in [0.2, 0.25) is 0 Å². The molecule has 0 amide bonds. The normalized spacial score (nSPS) is 23.3. The molecule has 1 aliphatic carbocycles. The quantitative estimate of drug-likeness (QED) is 0.562. The largest absolute Gasteiger partial charge is 0.465 e. The summed E-state index contributed by atoms with van der Waals surface area (Å²) in [5, 5.41) is 0. The molecule has 0 aromatic heterocycles. The molecule has 0 radical (unpaired) electrons. The molecule has 5 nitrogen and oxygen atoms in total. The molecule has 0 saturated heterocycles. The zero-order chi connectivity index (χ0) is 14.4. The van der Waals surface area contributed by atoms with Gasteiger partial charge in [-0.15, -0.1) is 0 Å². The predicted molar refractivity (Wildman–Crippen MR) is 68.3 cm³/mol. The van der Waals surface area contributed by atoms with Crippen LogP contribution in [0.3, 0.4) is 0 Å². The highest BCUT2D eigenvalue weighted by Crippen LogP contribution is 2.32. The second kappa shape index (κ2) is 7.26. The van der Waals surface area contributed by atoms with Gasteiger partial charge in [-0.2, -0.15) is 0 Å². The van der Waals surface area contributed by atoms with E-state index in [0.717, 1.165) is 12.8 Å². The van der Waals surface area contributed by atoms with Crippen molar-refractivity contribution < 1.29 is 23.9 Å². The fraction of sp³-hybridized carbons (Fsp3) is 0.786. The minimum Gasteiger partial charge on any atom is -0.465 e. The highest BCUT2D eigenvalue weighted by Gasteiger charge is 2.43. The highest BCUT2D eigenvalue weighted by atomic mass is 16.6. The van der Waals surface area contributed by atoms with E-state index in [9.17, 15) is 14.4 Å². The molecule has 108 valence electrons. The Kier molecular flexibility index (Phi) is 5.99. The first-order chi connectivity index (χ1) is 9.02. The van der Waals surface area contributed by atoms with Gasteiger partial charge in [0.05, 0.1) is 13.2 Å². The maximum absolute atomic E-state index is 12.2. The van der Waals surface area contributed by atoms with Gasteiger partial charge in [-0.05, 0) is 26.7 Å². The maximum Gasteiger partial charge on any atom is 0.321 e. The summed E-state index contributed by atoms with van der Waals surface area (Å²) in [7, 11) is 0. The van der Waals surface area contributed by atoms with Crippen LogP contribution in [0.5, 0.6) is 0 Å². The summed E-state index contributed by atoms with van der Waals surface area (Å²) in [5.41, 5.74) is 0. The van der Waals surface area contributed by atoms with E-state index < -0.39 is 23.8 Å². The van der Waals surface area contributed by atoms with Crippen molar-refractivity contribution >= 4 is 17.7 Å². The lowest BCUT2D eigenvalue weighted by atomic mass is 9.74. The van der Waals surface area contributed by atoms with E-state index in [2.05, 4.69) is 0 Å². The van der Waals surface area contributed by atoms with Crippen LogP contribution in [-0.4, -0.2) is 30.9 Å². The molecule has 5 heteroatoms. The fourth-order valence-electron chi connectivity index (χ4n) is 2.51. The molecule has 19 heavy (non-hydrogen) atoms. The number of carbonyl (C=O) groups excluding carboxylic acids is 3. The predicted octanol–water partition coefficient (Wildman–Crippen LogP) is 1.73. The van der Waals surface area contributed by atoms with E-state index in [0.29, 0.717) is 6.42 Å². The number of Topliss-reactive ketones (excluding diaryl/α,β-unsaturated/α-hetero) is 1. The Balaban J connectivity index is 2.91. The summed E-state index contributed by atoms with van der Waals surface area (Å²) >= 11 is 0. The minimum atomic E-state index is -1.10. The number of ketones is 1. The van der Waals surface area contributed by atoms with E-state index >= 15 is 0 Å². The van der Waals surface area contributed by atoms with Gasteiger partial charge in [0.25, 0.3) is 0 Å². The summed E-state index contributed by atoms with van der Waals surface area (Å²) in [6, 6.07) is 0. The molecule has 0 heterocycles. The Bertz CT molecular complexity index is 332. The third kappa shape index (κ3) is 3.78. The number of ether oxygens (including phenoxy) is 2. The van der Waals surface area contributed by atoms with E-state index in [1.807, 2.05) is 6.92 Å². The third-order valence-electron chi connectivity index (χ3n) is 3.49. The van der Waals surface area contributed by atoms with Crippen molar-refractivity contribution in [3.05, 3.63) is 0 Å². The second-order valence-corrected chi connectivity index (χ2v) is 4.82. The van der Waals surface area contributed by atoms with Crippen molar-refractivity contribution in [2.24, 2.45) is 17.8 Å². The minimum absolute atomic E-state index is 0.0302. The van der Waals surface area contributed by atoms with Gasteiger partial charge in [0.15, 0.2) is 5.92 Å². The van der Waals surface area contributed by atoms with Crippen molar-refractivity contribution in [1.82, 2.24) is 0 Å². The van der Waals surface area contributed by atoms with Crippen LogP contribution in [0.2, 0.25) is 0 Å².